The lowest BCUT2D eigenvalue weighted by Gasteiger charge is -2.32. The normalized spacial score (nSPS) is 22.2. The van der Waals surface area contributed by atoms with Crippen molar-refractivity contribution in [3.63, 3.8) is 0 Å². The maximum Gasteiger partial charge on any atom is 0.0824 e. The van der Waals surface area contributed by atoms with Crippen molar-refractivity contribution in [2.45, 2.75) is 12.6 Å². The van der Waals surface area contributed by atoms with Gasteiger partial charge in [-0.1, -0.05) is 23.7 Å². The number of nitrogens with zero attached hydrogens (tertiary/aromatic N) is 1. The predicted octanol–water partition coefficient (Wildman–Crippen LogP) is 1.50. The number of hydrogen-bond acceptors (Lipinski definition) is 3. The summed E-state index contributed by atoms with van der Waals surface area (Å²) in [6, 6.07) is 7.99. The molecule has 2 N–H and O–H groups in total. The van der Waals surface area contributed by atoms with Crippen molar-refractivity contribution in [1.29, 1.82) is 0 Å². The minimum atomic E-state index is 0.182. The van der Waals surface area contributed by atoms with Gasteiger partial charge in [-0.15, -0.1) is 0 Å². The Balaban J connectivity index is 1.91. The van der Waals surface area contributed by atoms with Gasteiger partial charge in [0.2, 0.25) is 0 Å². The van der Waals surface area contributed by atoms with Crippen LogP contribution in [0.1, 0.15) is 5.56 Å². The summed E-state index contributed by atoms with van der Waals surface area (Å²) in [4.78, 5) is 2.37. The van der Waals surface area contributed by atoms with Crippen LogP contribution in [0.15, 0.2) is 24.3 Å². The molecule has 1 atom stereocenters. The van der Waals surface area contributed by atoms with Gasteiger partial charge in [0, 0.05) is 31.2 Å². The van der Waals surface area contributed by atoms with Crippen LogP contribution in [-0.4, -0.2) is 37.2 Å². The molecule has 1 aliphatic heterocycles. The zero-order valence-electron chi connectivity index (χ0n) is 9.23. The third-order valence-corrected chi connectivity index (χ3v) is 3.06. The van der Waals surface area contributed by atoms with Crippen molar-refractivity contribution < 1.29 is 4.74 Å². The molecule has 1 heterocycles. The fourth-order valence-corrected chi connectivity index (χ4v) is 2.04. The molecule has 4 heteroatoms. The first kappa shape index (κ1) is 11.9. The number of ether oxygens (including phenoxy) is 1. The van der Waals surface area contributed by atoms with Crippen LogP contribution < -0.4 is 5.73 Å². The Kier molecular flexibility index (Phi) is 4.18. The summed E-state index contributed by atoms with van der Waals surface area (Å²) in [6.45, 7) is 4.20. The van der Waals surface area contributed by atoms with Gasteiger partial charge in [0.15, 0.2) is 0 Å². The lowest BCUT2D eigenvalue weighted by atomic mass is 10.2. The van der Waals surface area contributed by atoms with E-state index in [2.05, 4.69) is 17.0 Å². The average molecular weight is 241 g/mol. The summed E-state index contributed by atoms with van der Waals surface area (Å²) in [5.74, 6) is 0. The van der Waals surface area contributed by atoms with Crippen LogP contribution in [0, 0.1) is 0 Å². The maximum absolute atomic E-state index is 5.85. The van der Waals surface area contributed by atoms with E-state index in [1.807, 2.05) is 12.1 Å². The van der Waals surface area contributed by atoms with E-state index < -0.39 is 0 Å². The SMILES string of the molecule is NC[C@@H]1CN(Cc2ccc(Cl)cc2)CCO1. The minimum Gasteiger partial charge on any atom is -0.374 e. The highest BCUT2D eigenvalue weighted by Crippen LogP contribution is 2.13. The molecule has 2 rings (SSSR count). The van der Waals surface area contributed by atoms with Crippen LogP contribution in [0.25, 0.3) is 0 Å². The van der Waals surface area contributed by atoms with E-state index in [0.717, 1.165) is 31.3 Å². The van der Waals surface area contributed by atoms with Gasteiger partial charge in [-0.05, 0) is 17.7 Å². The molecular formula is C12H17ClN2O. The number of nitrogens with two attached hydrogens (primary N) is 1. The zero-order chi connectivity index (χ0) is 11.4. The summed E-state index contributed by atoms with van der Waals surface area (Å²) in [5.41, 5.74) is 6.89. The Labute approximate surface area is 101 Å². The molecule has 0 radical (unpaired) electrons. The molecular weight excluding hydrogens is 224 g/mol. The summed E-state index contributed by atoms with van der Waals surface area (Å²) in [6.07, 6.45) is 0.182. The lowest BCUT2D eigenvalue weighted by molar-refractivity contribution is -0.0260. The summed E-state index contributed by atoms with van der Waals surface area (Å²) < 4.78 is 5.53. The van der Waals surface area contributed by atoms with Gasteiger partial charge < -0.3 is 10.5 Å². The molecule has 1 aliphatic rings. The molecule has 1 aromatic carbocycles. The zero-order valence-corrected chi connectivity index (χ0v) is 9.99. The van der Waals surface area contributed by atoms with E-state index in [-0.39, 0.29) is 6.10 Å². The van der Waals surface area contributed by atoms with Crippen LogP contribution in [0.5, 0.6) is 0 Å². The van der Waals surface area contributed by atoms with E-state index in [4.69, 9.17) is 22.1 Å². The van der Waals surface area contributed by atoms with Gasteiger partial charge in [-0.2, -0.15) is 0 Å². The summed E-state index contributed by atoms with van der Waals surface area (Å²) in [5, 5.41) is 0.783. The highest BCUT2D eigenvalue weighted by molar-refractivity contribution is 6.30. The number of halogens is 1. The van der Waals surface area contributed by atoms with Gasteiger partial charge in [0.05, 0.1) is 12.7 Å². The van der Waals surface area contributed by atoms with Crippen LogP contribution in [0.3, 0.4) is 0 Å². The molecule has 0 aliphatic carbocycles. The molecule has 1 aromatic rings. The summed E-state index contributed by atoms with van der Waals surface area (Å²) in [7, 11) is 0. The van der Waals surface area contributed by atoms with E-state index in [1.165, 1.54) is 5.56 Å². The molecule has 88 valence electrons. The van der Waals surface area contributed by atoms with Crippen LogP contribution in [-0.2, 0) is 11.3 Å². The third kappa shape index (κ3) is 3.19. The van der Waals surface area contributed by atoms with Gasteiger partial charge in [0.1, 0.15) is 0 Å². The Hall–Kier alpha value is -0.610. The number of hydrogen-bond donors (Lipinski definition) is 1. The van der Waals surface area contributed by atoms with Crippen molar-refractivity contribution in [3.05, 3.63) is 34.9 Å². The van der Waals surface area contributed by atoms with E-state index in [9.17, 15) is 0 Å². The third-order valence-electron chi connectivity index (χ3n) is 2.81. The molecule has 0 bridgehead atoms. The van der Waals surface area contributed by atoms with Crippen LogP contribution in [0.4, 0.5) is 0 Å². The van der Waals surface area contributed by atoms with Crippen molar-refractivity contribution in [1.82, 2.24) is 4.90 Å². The van der Waals surface area contributed by atoms with Crippen LogP contribution >= 0.6 is 11.6 Å². The van der Waals surface area contributed by atoms with Crippen molar-refractivity contribution in [2.24, 2.45) is 5.73 Å². The highest BCUT2D eigenvalue weighted by atomic mass is 35.5. The fourth-order valence-electron chi connectivity index (χ4n) is 1.91. The Morgan fingerprint density at radius 1 is 1.38 bits per heavy atom. The van der Waals surface area contributed by atoms with Crippen molar-refractivity contribution >= 4 is 11.6 Å². The molecule has 0 spiro atoms. The van der Waals surface area contributed by atoms with Gasteiger partial charge >= 0.3 is 0 Å². The molecule has 0 unspecified atom stereocenters. The molecule has 1 fully saturated rings. The quantitative estimate of drug-likeness (QED) is 0.870. The van der Waals surface area contributed by atoms with E-state index in [1.54, 1.807) is 0 Å². The predicted molar refractivity (Wildman–Crippen MR) is 65.5 cm³/mol. The molecule has 0 amide bonds. The molecule has 3 nitrogen and oxygen atoms in total. The number of rotatable bonds is 3. The maximum atomic E-state index is 5.85. The Morgan fingerprint density at radius 2 is 2.12 bits per heavy atom. The van der Waals surface area contributed by atoms with E-state index >= 15 is 0 Å². The first-order valence-electron chi connectivity index (χ1n) is 5.56. The van der Waals surface area contributed by atoms with Crippen molar-refractivity contribution in [3.8, 4) is 0 Å². The molecule has 1 saturated heterocycles. The average Bonchev–Trinajstić information content (AvgIpc) is 2.32. The monoisotopic (exact) mass is 240 g/mol. The Morgan fingerprint density at radius 3 is 2.81 bits per heavy atom. The Bertz CT molecular complexity index is 328. The molecule has 16 heavy (non-hydrogen) atoms. The van der Waals surface area contributed by atoms with Crippen molar-refractivity contribution in [2.75, 3.05) is 26.2 Å². The van der Waals surface area contributed by atoms with Crippen LogP contribution in [0.2, 0.25) is 5.02 Å². The largest absolute Gasteiger partial charge is 0.374 e. The first-order chi connectivity index (χ1) is 7.78. The highest BCUT2D eigenvalue weighted by Gasteiger charge is 2.18. The van der Waals surface area contributed by atoms with Gasteiger partial charge in [-0.3, -0.25) is 4.90 Å². The summed E-state index contributed by atoms with van der Waals surface area (Å²) >= 11 is 5.85. The molecule has 0 aromatic heterocycles. The topological polar surface area (TPSA) is 38.5 Å². The number of morpholine rings is 1. The first-order valence-corrected chi connectivity index (χ1v) is 5.94. The molecule has 0 saturated carbocycles. The minimum absolute atomic E-state index is 0.182. The number of benzene rings is 1. The fraction of sp³-hybridized carbons (Fsp3) is 0.500. The lowest BCUT2D eigenvalue weighted by Crippen LogP contribution is -2.45. The van der Waals surface area contributed by atoms with E-state index in [0.29, 0.717) is 6.54 Å². The second kappa shape index (κ2) is 5.64. The second-order valence-corrected chi connectivity index (χ2v) is 4.53. The second-order valence-electron chi connectivity index (χ2n) is 4.09. The standard InChI is InChI=1S/C12H17ClN2O/c13-11-3-1-10(2-4-11)8-15-5-6-16-12(7-14)9-15/h1-4,12H,5-9,14H2/t12-/m1/s1. The smallest absolute Gasteiger partial charge is 0.0824 e. The van der Waals surface area contributed by atoms with Gasteiger partial charge in [0.25, 0.3) is 0 Å². The van der Waals surface area contributed by atoms with Gasteiger partial charge in [-0.25, -0.2) is 0 Å².